The number of anilines is 1. The second-order valence-electron chi connectivity index (χ2n) is 6.75. The molecule has 0 spiro atoms. The van der Waals surface area contributed by atoms with Crippen LogP contribution >= 0.6 is 0 Å². The van der Waals surface area contributed by atoms with Crippen LogP contribution in [0.5, 0.6) is 0 Å². The molecule has 2 aromatic heterocycles. The third-order valence-corrected chi connectivity index (χ3v) is 4.40. The molecule has 0 saturated heterocycles. The zero-order valence-electron chi connectivity index (χ0n) is 14.2. The number of rotatable bonds is 4. The summed E-state index contributed by atoms with van der Waals surface area (Å²) < 4.78 is 15.2. The number of carbonyl (C=O) groups excluding carboxylic acids is 1. The van der Waals surface area contributed by atoms with Crippen molar-refractivity contribution in [3.05, 3.63) is 53.6 Å². The highest BCUT2D eigenvalue weighted by Gasteiger charge is 2.28. The fourth-order valence-corrected chi connectivity index (χ4v) is 2.96. The molecule has 0 radical (unpaired) electrons. The fraction of sp³-hybridized carbons (Fsp3) is 0.316. The van der Waals surface area contributed by atoms with Crippen LogP contribution in [-0.4, -0.2) is 20.7 Å². The van der Waals surface area contributed by atoms with E-state index < -0.39 is 0 Å². The minimum Gasteiger partial charge on any atom is -0.322 e. The summed E-state index contributed by atoms with van der Waals surface area (Å²) in [5.41, 5.74) is 2.62. The first-order valence-electron chi connectivity index (χ1n) is 8.48. The van der Waals surface area contributed by atoms with Gasteiger partial charge in [0.1, 0.15) is 5.82 Å². The lowest BCUT2D eigenvalue weighted by atomic mass is 10.1. The summed E-state index contributed by atoms with van der Waals surface area (Å²) in [6.07, 6.45) is 3.87. The van der Waals surface area contributed by atoms with Crippen LogP contribution in [0.2, 0.25) is 0 Å². The van der Waals surface area contributed by atoms with Gasteiger partial charge in [-0.1, -0.05) is 6.07 Å². The lowest BCUT2D eigenvalue weighted by molar-refractivity contribution is 0.102. The summed E-state index contributed by atoms with van der Waals surface area (Å²) in [7, 11) is 0. The molecule has 0 atom stereocenters. The Labute approximate surface area is 144 Å². The van der Waals surface area contributed by atoms with E-state index in [1.165, 1.54) is 12.1 Å². The summed E-state index contributed by atoms with van der Waals surface area (Å²) in [6.45, 7) is 4.06. The zero-order chi connectivity index (χ0) is 17.6. The molecule has 1 aliphatic rings. The minimum absolute atomic E-state index is 0.151. The Morgan fingerprint density at radius 3 is 2.80 bits per heavy atom. The molecule has 2 heterocycles. The quantitative estimate of drug-likeness (QED) is 0.772. The van der Waals surface area contributed by atoms with E-state index in [1.54, 1.807) is 18.3 Å². The number of amides is 1. The Balaban J connectivity index is 1.78. The van der Waals surface area contributed by atoms with Gasteiger partial charge in [0, 0.05) is 23.3 Å². The number of carbonyl (C=O) groups is 1. The van der Waals surface area contributed by atoms with E-state index in [9.17, 15) is 9.18 Å². The first-order valence-corrected chi connectivity index (χ1v) is 8.48. The van der Waals surface area contributed by atoms with Crippen molar-refractivity contribution in [1.82, 2.24) is 14.8 Å². The Hall–Kier alpha value is -2.76. The number of aromatic nitrogens is 3. The van der Waals surface area contributed by atoms with Gasteiger partial charge in [0.25, 0.3) is 5.91 Å². The van der Waals surface area contributed by atoms with Crippen LogP contribution in [0.1, 0.15) is 54.7 Å². The average Bonchev–Trinajstić information content (AvgIpc) is 3.32. The van der Waals surface area contributed by atoms with Gasteiger partial charge in [0.2, 0.25) is 0 Å². The molecule has 5 nitrogen and oxygen atoms in total. The van der Waals surface area contributed by atoms with Gasteiger partial charge < -0.3 is 5.32 Å². The molecule has 3 aromatic rings. The largest absolute Gasteiger partial charge is 0.322 e. The van der Waals surface area contributed by atoms with E-state index in [2.05, 4.69) is 10.4 Å². The normalized spacial score (nSPS) is 14.2. The van der Waals surface area contributed by atoms with Crippen molar-refractivity contribution in [2.45, 2.75) is 38.6 Å². The average molecular weight is 338 g/mol. The van der Waals surface area contributed by atoms with Gasteiger partial charge in [-0.15, -0.1) is 0 Å². The molecule has 1 aromatic carbocycles. The van der Waals surface area contributed by atoms with E-state index in [1.807, 2.05) is 24.6 Å². The smallest absolute Gasteiger partial charge is 0.256 e. The number of halogens is 1. The number of nitrogens with zero attached hydrogens (tertiary/aromatic N) is 3. The van der Waals surface area contributed by atoms with Gasteiger partial charge in [0.15, 0.2) is 5.65 Å². The fourth-order valence-electron chi connectivity index (χ4n) is 2.96. The predicted molar refractivity (Wildman–Crippen MR) is 94.2 cm³/mol. The molecule has 1 saturated carbocycles. The minimum atomic E-state index is -0.385. The van der Waals surface area contributed by atoms with E-state index in [-0.39, 0.29) is 17.8 Å². The maximum Gasteiger partial charge on any atom is 0.256 e. The highest BCUT2D eigenvalue weighted by molar-refractivity contribution is 6.12. The second kappa shape index (κ2) is 5.95. The summed E-state index contributed by atoms with van der Waals surface area (Å²) in [4.78, 5) is 17.6. The van der Waals surface area contributed by atoms with Gasteiger partial charge in [-0.3, -0.25) is 4.79 Å². The van der Waals surface area contributed by atoms with Gasteiger partial charge in [-0.05, 0) is 51.0 Å². The van der Waals surface area contributed by atoms with Crippen molar-refractivity contribution < 1.29 is 9.18 Å². The molecule has 1 aliphatic carbocycles. The molecule has 0 unspecified atom stereocenters. The van der Waals surface area contributed by atoms with Crippen LogP contribution < -0.4 is 5.32 Å². The zero-order valence-corrected chi connectivity index (χ0v) is 14.2. The van der Waals surface area contributed by atoms with E-state index in [4.69, 9.17) is 4.98 Å². The van der Waals surface area contributed by atoms with Crippen molar-refractivity contribution in [3.63, 3.8) is 0 Å². The third kappa shape index (κ3) is 2.99. The molecule has 0 bridgehead atoms. The summed E-state index contributed by atoms with van der Waals surface area (Å²) in [6, 6.07) is 7.88. The number of benzene rings is 1. The Morgan fingerprint density at radius 1 is 1.32 bits per heavy atom. The molecule has 128 valence electrons. The van der Waals surface area contributed by atoms with E-state index in [0.717, 1.165) is 24.2 Å². The van der Waals surface area contributed by atoms with Crippen molar-refractivity contribution in [3.8, 4) is 0 Å². The first-order chi connectivity index (χ1) is 12.0. The SMILES string of the molecule is CC(C)n1ncc2c(C(=O)Nc3cccc(F)c3)cc(C3CC3)nc21. The predicted octanol–water partition coefficient (Wildman–Crippen LogP) is 4.28. The molecule has 0 aliphatic heterocycles. The maximum atomic E-state index is 13.4. The highest BCUT2D eigenvalue weighted by atomic mass is 19.1. The third-order valence-electron chi connectivity index (χ3n) is 4.40. The molecule has 6 heteroatoms. The van der Waals surface area contributed by atoms with Crippen molar-refractivity contribution in [2.75, 3.05) is 5.32 Å². The summed E-state index contributed by atoms with van der Waals surface area (Å²) in [5, 5.41) is 7.88. The van der Waals surface area contributed by atoms with E-state index >= 15 is 0 Å². The van der Waals surface area contributed by atoms with E-state index in [0.29, 0.717) is 22.6 Å². The molecular formula is C19H19FN4O. The maximum absolute atomic E-state index is 13.4. The van der Waals surface area contributed by atoms with Crippen LogP contribution in [0, 0.1) is 5.82 Å². The molecule has 4 rings (SSSR count). The number of fused-ring (bicyclic) bond motifs is 1. The van der Waals surface area contributed by atoms with Crippen molar-refractivity contribution >= 4 is 22.6 Å². The molecular weight excluding hydrogens is 319 g/mol. The van der Waals surface area contributed by atoms with Gasteiger partial charge in [-0.2, -0.15) is 5.10 Å². The van der Waals surface area contributed by atoms with Crippen LogP contribution in [-0.2, 0) is 0 Å². The van der Waals surface area contributed by atoms with Crippen LogP contribution in [0.4, 0.5) is 10.1 Å². The topological polar surface area (TPSA) is 59.8 Å². The molecule has 25 heavy (non-hydrogen) atoms. The first kappa shape index (κ1) is 15.7. The van der Waals surface area contributed by atoms with Crippen molar-refractivity contribution in [1.29, 1.82) is 0 Å². The number of hydrogen-bond acceptors (Lipinski definition) is 3. The number of hydrogen-bond donors (Lipinski definition) is 1. The lowest BCUT2D eigenvalue weighted by Crippen LogP contribution is -2.14. The molecule has 1 amide bonds. The van der Waals surface area contributed by atoms with Crippen LogP contribution in [0.25, 0.3) is 11.0 Å². The highest BCUT2D eigenvalue weighted by Crippen LogP contribution is 2.40. The number of nitrogens with one attached hydrogen (secondary N) is 1. The number of pyridine rings is 1. The Kier molecular flexibility index (Phi) is 3.75. The van der Waals surface area contributed by atoms with Gasteiger partial charge in [-0.25, -0.2) is 14.1 Å². The lowest BCUT2D eigenvalue weighted by Gasteiger charge is -2.11. The van der Waals surface area contributed by atoms with Crippen molar-refractivity contribution in [2.24, 2.45) is 0 Å². The Bertz CT molecular complexity index is 959. The van der Waals surface area contributed by atoms with Crippen LogP contribution in [0.3, 0.4) is 0 Å². The molecule has 1 fully saturated rings. The standard InChI is InChI=1S/C19H19FN4O/c1-11(2)24-18-16(10-21-24)15(9-17(23-18)12-6-7-12)19(25)22-14-5-3-4-13(20)8-14/h3-5,8-12H,6-7H2,1-2H3,(H,22,25). The monoisotopic (exact) mass is 338 g/mol. The van der Waals surface area contributed by atoms with Crippen LogP contribution in [0.15, 0.2) is 36.5 Å². The molecule has 1 N–H and O–H groups in total. The second-order valence-corrected chi connectivity index (χ2v) is 6.75. The Morgan fingerprint density at radius 2 is 2.12 bits per heavy atom. The summed E-state index contributed by atoms with van der Waals surface area (Å²) >= 11 is 0. The van der Waals surface area contributed by atoms with Gasteiger partial charge >= 0.3 is 0 Å². The summed E-state index contributed by atoms with van der Waals surface area (Å²) in [5.74, 6) is -0.243. The van der Waals surface area contributed by atoms with Gasteiger partial charge in [0.05, 0.1) is 17.1 Å².